The largest absolute Gasteiger partial charge is 0.462 e. The third-order valence-corrected chi connectivity index (χ3v) is 10.6. The number of carbonyl (C=O) groups excluding carboxylic acids is 1. The molecule has 0 radical (unpaired) electrons. The van der Waals surface area contributed by atoms with Crippen LogP contribution in [0.25, 0.3) is 0 Å². The Morgan fingerprint density at radius 3 is 2.55 bits per heavy atom. The normalized spacial score (nSPS) is 42.9. The molecule has 0 N–H and O–H groups in total. The van der Waals surface area contributed by atoms with Gasteiger partial charge >= 0.3 is 5.97 Å². The Balaban J connectivity index is 1.47. The van der Waals surface area contributed by atoms with E-state index in [2.05, 4.69) is 40.7 Å². The summed E-state index contributed by atoms with van der Waals surface area (Å²) in [7, 11) is 0. The zero-order valence-electron chi connectivity index (χ0n) is 21.2. The molecule has 2 heteroatoms. The van der Waals surface area contributed by atoms with Crippen LogP contribution < -0.4 is 0 Å². The number of esters is 1. The van der Waals surface area contributed by atoms with Gasteiger partial charge in [0.2, 0.25) is 0 Å². The lowest BCUT2D eigenvalue weighted by atomic mass is 9.47. The Kier molecular flexibility index (Phi) is 6.68. The molecule has 0 aromatic carbocycles. The zero-order valence-corrected chi connectivity index (χ0v) is 21.2. The summed E-state index contributed by atoms with van der Waals surface area (Å²) in [4.78, 5) is 11.5. The summed E-state index contributed by atoms with van der Waals surface area (Å²) < 4.78 is 5.61. The van der Waals surface area contributed by atoms with E-state index in [1.807, 2.05) is 0 Å². The number of ether oxygens (including phenoxy) is 1. The second kappa shape index (κ2) is 8.86. The molecular weight excluding hydrogens is 380 g/mol. The Labute approximate surface area is 192 Å². The van der Waals surface area contributed by atoms with Crippen molar-refractivity contribution in [2.75, 3.05) is 0 Å². The first kappa shape index (κ1) is 23.4. The van der Waals surface area contributed by atoms with Crippen LogP contribution in [-0.2, 0) is 9.53 Å². The summed E-state index contributed by atoms with van der Waals surface area (Å²) in [5.74, 6) is 5.19. The van der Waals surface area contributed by atoms with Gasteiger partial charge in [0.05, 0.1) is 0 Å². The Morgan fingerprint density at radius 2 is 1.84 bits per heavy atom. The lowest BCUT2D eigenvalue weighted by Crippen LogP contribution is -2.51. The van der Waals surface area contributed by atoms with Crippen molar-refractivity contribution in [3.63, 3.8) is 0 Å². The molecule has 0 aromatic heterocycles. The highest BCUT2D eigenvalue weighted by Crippen LogP contribution is 2.67. The van der Waals surface area contributed by atoms with Crippen molar-refractivity contribution in [3.8, 4) is 0 Å². The van der Waals surface area contributed by atoms with Gasteiger partial charge in [0.25, 0.3) is 0 Å². The predicted octanol–water partition coefficient (Wildman–Crippen LogP) is 7.96. The van der Waals surface area contributed by atoms with E-state index >= 15 is 0 Å². The molecule has 2 nitrogen and oxygen atoms in total. The molecule has 0 spiro atoms. The fourth-order valence-corrected chi connectivity index (χ4v) is 8.99. The molecule has 0 heterocycles. The fourth-order valence-electron chi connectivity index (χ4n) is 8.99. The van der Waals surface area contributed by atoms with Crippen LogP contribution in [0.4, 0.5) is 0 Å². The third kappa shape index (κ3) is 4.26. The molecule has 4 aliphatic rings. The van der Waals surface area contributed by atoms with Crippen LogP contribution in [0.2, 0.25) is 0 Å². The summed E-state index contributed by atoms with van der Waals surface area (Å²) in [6, 6.07) is 0. The fraction of sp³-hybridized carbons (Fsp3) is 0.897. The topological polar surface area (TPSA) is 26.3 Å². The van der Waals surface area contributed by atoms with Crippen LogP contribution >= 0.6 is 0 Å². The van der Waals surface area contributed by atoms with Crippen molar-refractivity contribution in [2.24, 2.45) is 46.3 Å². The van der Waals surface area contributed by atoms with E-state index in [-0.39, 0.29) is 12.1 Å². The SMILES string of the molecule is CC(=O)O[C@H]1CC[C@@]2(C)C(=CC[C@@H]3[C@H]4CC[C@@H]([C@@H](C)CCCC(C)C)[C@@]4(C)CC[C@H]32)C1. The molecular formula is C29H48O2. The first-order valence-corrected chi connectivity index (χ1v) is 13.5. The van der Waals surface area contributed by atoms with Crippen LogP contribution in [0.3, 0.4) is 0 Å². The molecule has 3 fully saturated rings. The van der Waals surface area contributed by atoms with E-state index < -0.39 is 0 Å². The molecule has 4 rings (SSSR count). The van der Waals surface area contributed by atoms with E-state index in [4.69, 9.17) is 4.74 Å². The maximum Gasteiger partial charge on any atom is 0.302 e. The lowest BCUT2D eigenvalue weighted by Gasteiger charge is -2.58. The van der Waals surface area contributed by atoms with Gasteiger partial charge in [0.1, 0.15) is 6.10 Å². The molecule has 3 saturated carbocycles. The number of hydrogen-bond acceptors (Lipinski definition) is 2. The van der Waals surface area contributed by atoms with Crippen LogP contribution in [0.1, 0.15) is 112 Å². The Hall–Kier alpha value is -0.790. The lowest BCUT2D eigenvalue weighted by molar-refractivity contribution is -0.148. The van der Waals surface area contributed by atoms with Gasteiger partial charge in [-0.1, -0.05) is 65.5 Å². The molecule has 0 aromatic rings. The highest BCUT2D eigenvalue weighted by Gasteiger charge is 2.59. The van der Waals surface area contributed by atoms with Crippen molar-refractivity contribution < 1.29 is 9.53 Å². The number of hydrogen-bond donors (Lipinski definition) is 0. The molecule has 0 amide bonds. The monoisotopic (exact) mass is 428 g/mol. The van der Waals surface area contributed by atoms with E-state index in [0.717, 1.165) is 48.3 Å². The van der Waals surface area contributed by atoms with Gasteiger partial charge in [-0.2, -0.15) is 0 Å². The van der Waals surface area contributed by atoms with Gasteiger partial charge in [-0.25, -0.2) is 0 Å². The quantitative estimate of drug-likeness (QED) is 0.317. The Morgan fingerprint density at radius 1 is 1.06 bits per heavy atom. The van der Waals surface area contributed by atoms with Gasteiger partial charge in [-0.15, -0.1) is 0 Å². The predicted molar refractivity (Wildman–Crippen MR) is 129 cm³/mol. The summed E-state index contributed by atoms with van der Waals surface area (Å²) in [5, 5.41) is 0. The summed E-state index contributed by atoms with van der Waals surface area (Å²) in [6.45, 7) is 14.1. The van der Waals surface area contributed by atoms with Crippen LogP contribution in [0.15, 0.2) is 11.6 Å². The first-order valence-electron chi connectivity index (χ1n) is 13.5. The van der Waals surface area contributed by atoms with Gasteiger partial charge in [-0.05, 0) is 91.3 Å². The van der Waals surface area contributed by atoms with Crippen molar-refractivity contribution in [3.05, 3.63) is 11.6 Å². The van der Waals surface area contributed by atoms with Crippen molar-refractivity contribution >= 4 is 5.97 Å². The molecule has 176 valence electrons. The average Bonchev–Trinajstić information content (AvgIpc) is 3.05. The minimum absolute atomic E-state index is 0.115. The standard InChI is InChI=1S/C29H48O2/c1-19(2)8-7-9-20(3)25-12-13-26-24-11-10-22-18-23(31-21(4)30)14-16-28(22,5)27(24)15-17-29(25,26)6/h10,19-20,23-27H,7-9,11-18H2,1-6H3/t20-,23-,24+,25-,26+,27+,28-,29+/m0/s1. The van der Waals surface area contributed by atoms with Gasteiger partial charge in [0, 0.05) is 13.3 Å². The van der Waals surface area contributed by atoms with E-state index in [9.17, 15) is 4.79 Å². The van der Waals surface area contributed by atoms with E-state index in [0.29, 0.717) is 10.8 Å². The Bertz CT molecular complexity index is 693. The molecule has 31 heavy (non-hydrogen) atoms. The van der Waals surface area contributed by atoms with Crippen molar-refractivity contribution in [2.45, 2.75) is 118 Å². The minimum Gasteiger partial charge on any atom is -0.462 e. The van der Waals surface area contributed by atoms with Gasteiger partial charge < -0.3 is 4.74 Å². The van der Waals surface area contributed by atoms with Gasteiger partial charge in [0.15, 0.2) is 0 Å². The molecule has 4 aliphatic carbocycles. The number of allylic oxidation sites excluding steroid dienone is 1. The molecule has 0 aliphatic heterocycles. The summed E-state index contributed by atoms with van der Waals surface area (Å²) >= 11 is 0. The smallest absolute Gasteiger partial charge is 0.302 e. The minimum atomic E-state index is -0.115. The number of fused-ring (bicyclic) bond motifs is 5. The highest BCUT2D eigenvalue weighted by atomic mass is 16.5. The molecule has 0 bridgehead atoms. The second-order valence-electron chi connectivity index (χ2n) is 12.8. The molecule has 8 atom stereocenters. The van der Waals surface area contributed by atoms with Crippen LogP contribution in [-0.4, -0.2) is 12.1 Å². The summed E-state index contributed by atoms with van der Waals surface area (Å²) in [5.41, 5.74) is 2.53. The van der Waals surface area contributed by atoms with Crippen LogP contribution in [0.5, 0.6) is 0 Å². The third-order valence-electron chi connectivity index (χ3n) is 10.6. The summed E-state index contributed by atoms with van der Waals surface area (Å²) in [6.07, 6.45) is 17.2. The first-order chi connectivity index (χ1) is 14.6. The number of rotatable bonds is 6. The van der Waals surface area contributed by atoms with Crippen molar-refractivity contribution in [1.29, 1.82) is 0 Å². The maximum absolute atomic E-state index is 11.5. The molecule has 0 saturated heterocycles. The highest BCUT2D eigenvalue weighted by molar-refractivity contribution is 5.66. The molecule has 0 unspecified atom stereocenters. The number of carbonyl (C=O) groups is 1. The van der Waals surface area contributed by atoms with Gasteiger partial charge in [-0.3, -0.25) is 4.79 Å². The average molecular weight is 429 g/mol. The van der Waals surface area contributed by atoms with E-state index in [1.165, 1.54) is 57.8 Å². The second-order valence-corrected chi connectivity index (χ2v) is 12.8. The van der Waals surface area contributed by atoms with Crippen molar-refractivity contribution in [1.82, 2.24) is 0 Å². The maximum atomic E-state index is 11.5. The van der Waals surface area contributed by atoms with E-state index in [1.54, 1.807) is 12.5 Å². The van der Waals surface area contributed by atoms with Crippen LogP contribution in [0, 0.1) is 46.3 Å². The zero-order chi connectivity index (χ0) is 22.4.